The third kappa shape index (κ3) is 15.1. The fourth-order valence-electron chi connectivity index (χ4n) is 14.2. The minimum Gasteiger partial charge on any atom is -0.458 e. The van der Waals surface area contributed by atoms with E-state index in [-0.39, 0.29) is 25.4 Å². The molecule has 2 aromatic heterocycles. The Hall–Kier alpha value is -4.52. The van der Waals surface area contributed by atoms with E-state index < -0.39 is 138 Å². The molecule has 1 unspecified atom stereocenters. The lowest BCUT2D eigenvalue weighted by molar-refractivity contribution is -0.305. The molecule has 20 nitrogen and oxygen atoms in total. The number of aliphatic hydroxyl groups is 3. The number of aryl methyl sites for hydroxylation is 1. The second-order valence-electron chi connectivity index (χ2n) is 25.7. The van der Waals surface area contributed by atoms with Crippen molar-refractivity contribution in [3.63, 3.8) is 0 Å². The van der Waals surface area contributed by atoms with E-state index in [9.17, 15) is 20.1 Å². The van der Waals surface area contributed by atoms with Gasteiger partial charge in [0.25, 0.3) is 0 Å². The highest BCUT2D eigenvalue weighted by atomic mass is 19.1. The number of carbonyl (C=O) groups is 2. The number of primary amides is 1. The van der Waals surface area contributed by atoms with Crippen molar-refractivity contribution in [1.82, 2.24) is 24.9 Å². The van der Waals surface area contributed by atoms with Gasteiger partial charge in [-0.25, -0.2) is 13.9 Å². The van der Waals surface area contributed by atoms with Crippen molar-refractivity contribution in [1.29, 1.82) is 0 Å². The molecule has 3 aromatic rings. The number of ether oxygens (including phenoxy) is 8. The van der Waals surface area contributed by atoms with Gasteiger partial charge >= 0.3 is 12.1 Å². The zero-order chi connectivity index (χ0) is 63.1. The van der Waals surface area contributed by atoms with Gasteiger partial charge < -0.3 is 69.6 Å². The number of halogens is 1. The Bertz CT molecular complexity index is 2640. The Balaban J connectivity index is 1.34. The van der Waals surface area contributed by atoms with Crippen LogP contribution >= 0.6 is 0 Å². The molecule has 0 radical (unpaired) electrons. The van der Waals surface area contributed by atoms with Crippen LogP contribution < -0.4 is 11.5 Å². The van der Waals surface area contributed by atoms with Crippen LogP contribution in [0.1, 0.15) is 144 Å². The Morgan fingerprint density at radius 1 is 0.976 bits per heavy atom. The molecule has 0 bridgehead atoms. The average molecular weight is 1200 g/mol. The summed E-state index contributed by atoms with van der Waals surface area (Å²) in [7, 11) is 6.63. The predicted molar refractivity (Wildman–Crippen MR) is 320 cm³/mol. The van der Waals surface area contributed by atoms with E-state index in [1.807, 2.05) is 110 Å². The number of hydrogen-bond donors (Lipinski definition) is 5. The highest BCUT2D eigenvalue weighted by molar-refractivity contribution is 5.73. The monoisotopic (exact) mass is 1200 g/mol. The number of carbonyl (C=O) groups excluding carboxylic acids is 2. The summed E-state index contributed by atoms with van der Waals surface area (Å²) in [4.78, 5) is 35.0. The summed E-state index contributed by atoms with van der Waals surface area (Å²) in [6, 6.07) is 9.88. The highest BCUT2D eigenvalue weighted by Crippen LogP contribution is 2.54. The molecule has 0 saturated carbocycles. The quantitative estimate of drug-likeness (QED) is 0.0499. The molecular weight excluding hydrogens is 1090 g/mol. The number of benzene rings is 1. The van der Waals surface area contributed by atoms with E-state index in [4.69, 9.17) is 55.9 Å². The minimum atomic E-state index is -1.55. The van der Waals surface area contributed by atoms with Gasteiger partial charge in [0.1, 0.15) is 37.1 Å². The van der Waals surface area contributed by atoms with E-state index in [0.29, 0.717) is 44.3 Å². The maximum atomic E-state index is 15.4. The number of cyclic esters (lactones) is 1. The van der Waals surface area contributed by atoms with Crippen LogP contribution in [0.5, 0.6) is 0 Å². The molecule has 3 saturated heterocycles. The summed E-state index contributed by atoms with van der Waals surface area (Å²) in [5.41, 5.74) is 12.5. The van der Waals surface area contributed by atoms with Gasteiger partial charge in [-0.3, -0.25) is 9.78 Å². The van der Waals surface area contributed by atoms with Gasteiger partial charge in [0.05, 0.1) is 53.8 Å². The number of nitrogens with zero attached hydrogens (tertiary/aromatic N) is 5. The first-order valence-electron chi connectivity index (χ1n) is 30.4. The minimum absolute atomic E-state index is 0.175. The van der Waals surface area contributed by atoms with Crippen molar-refractivity contribution in [3.05, 3.63) is 77.9 Å². The number of pyridine rings is 1. The van der Waals surface area contributed by atoms with Crippen molar-refractivity contribution in [2.75, 3.05) is 48.2 Å². The van der Waals surface area contributed by atoms with Crippen LogP contribution in [0.2, 0.25) is 0 Å². The van der Waals surface area contributed by atoms with Crippen LogP contribution in [0.15, 0.2) is 60.9 Å². The number of aromatic nitrogens is 4. The topological polar surface area (TPSA) is 268 Å². The number of allylic oxidation sites excluding steroid dienone is 1. The SMILES string of the molecule is C=C1[C@H](C)C[C@@](C)(OC)[C@H](O[C@@H]2O[C@H](C)C[C@H](N(C)CCc3cn([C@H](CF)[C@H](OC)c4ccc(-c5ccc(C)nc5)cc4)nn3)[C@H]2O)[C@@H](C)C([C@H]2C[C@@](C)(OC)[C@@H](O)[C@H](C)O2)[C@@H](C)C(=O)O[C@H](CC)[C@@](C)(OC(N)=O)[C@@](C)(CC[C@H](N)CO)[C@H]1C. The lowest BCUT2D eigenvalue weighted by atomic mass is 9.57. The van der Waals surface area contributed by atoms with Crippen molar-refractivity contribution >= 4 is 12.1 Å². The van der Waals surface area contributed by atoms with Crippen molar-refractivity contribution in [2.24, 2.45) is 46.5 Å². The summed E-state index contributed by atoms with van der Waals surface area (Å²) in [5, 5.41) is 43.1. The van der Waals surface area contributed by atoms with Crippen LogP contribution in [0.3, 0.4) is 0 Å². The zero-order valence-corrected chi connectivity index (χ0v) is 53.4. The number of rotatable bonds is 21. The largest absolute Gasteiger partial charge is 0.458 e. The second kappa shape index (κ2) is 29.2. The van der Waals surface area contributed by atoms with Gasteiger partial charge in [0.15, 0.2) is 11.9 Å². The number of aliphatic hydroxyl groups excluding tert-OH is 3. The molecule has 21 heteroatoms. The Morgan fingerprint density at radius 3 is 2.21 bits per heavy atom. The first kappa shape index (κ1) is 69.6. The molecule has 1 amide bonds. The van der Waals surface area contributed by atoms with Gasteiger partial charge in [0.2, 0.25) is 0 Å². The van der Waals surface area contributed by atoms with Gasteiger partial charge in [-0.2, -0.15) is 0 Å². The number of likely N-dealkylation sites (N-methyl/N-ethyl adjacent to an activating group) is 1. The molecule has 3 aliphatic heterocycles. The fraction of sp³-hybridized carbons (Fsp3) is 0.734. The second-order valence-corrected chi connectivity index (χ2v) is 25.7. The van der Waals surface area contributed by atoms with Crippen LogP contribution in [0, 0.1) is 41.9 Å². The maximum absolute atomic E-state index is 15.4. The zero-order valence-electron chi connectivity index (χ0n) is 53.4. The smallest absolute Gasteiger partial charge is 0.405 e. The first-order chi connectivity index (χ1) is 40.0. The van der Waals surface area contributed by atoms with Crippen molar-refractivity contribution in [2.45, 2.75) is 218 Å². The number of methoxy groups -OCH3 is 3. The summed E-state index contributed by atoms with van der Waals surface area (Å²) < 4.78 is 68.9. The van der Waals surface area contributed by atoms with Crippen LogP contribution in [0.4, 0.5) is 9.18 Å². The Kier molecular flexibility index (Phi) is 23.9. The lowest BCUT2D eigenvalue weighted by Gasteiger charge is -2.54. The third-order valence-corrected chi connectivity index (χ3v) is 20.2. The molecule has 21 atom stereocenters. The maximum Gasteiger partial charge on any atom is 0.405 e. The molecule has 7 N–H and O–H groups in total. The van der Waals surface area contributed by atoms with Gasteiger partial charge in [-0.1, -0.05) is 89.2 Å². The Morgan fingerprint density at radius 2 is 1.64 bits per heavy atom. The highest BCUT2D eigenvalue weighted by Gasteiger charge is 2.60. The van der Waals surface area contributed by atoms with Crippen molar-refractivity contribution < 1.29 is 67.2 Å². The van der Waals surface area contributed by atoms with Crippen LogP contribution in [-0.4, -0.2) is 178 Å². The molecule has 478 valence electrons. The number of alkyl halides is 1. The first-order valence-corrected chi connectivity index (χ1v) is 30.4. The molecule has 3 fully saturated rings. The molecule has 0 aliphatic carbocycles. The van der Waals surface area contributed by atoms with E-state index in [1.165, 1.54) is 11.8 Å². The molecule has 1 aromatic carbocycles. The molecule has 5 heterocycles. The molecular formula is C64H102FN7O13. The number of nitrogens with two attached hydrogens (primary N) is 2. The van der Waals surface area contributed by atoms with Crippen LogP contribution in [-0.2, 0) is 49.1 Å². The lowest BCUT2D eigenvalue weighted by Crippen LogP contribution is -2.63. The molecule has 6 rings (SSSR count). The molecule has 85 heavy (non-hydrogen) atoms. The summed E-state index contributed by atoms with van der Waals surface area (Å²) >= 11 is 0. The number of hydrogen-bond acceptors (Lipinski definition) is 18. The summed E-state index contributed by atoms with van der Waals surface area (Å²) in [5.74, 6) is -3.71. The number of esters is 1. The average Bonchev–Trinajstić information content (AvgIpc) is 1.42. The number of amides is 1. The third-order valence-electron chi connectivity index (χ3n) is 20.2. The normalized spacial score (nSPS) is 36.5. The van der Waals surface area contributed by atoms with Crippen molar-refractivity contribution in [3.8, 4) is 11.1 Å². The van der Waals surface area contributed by atoms with Gasteiger partial charge in [0, 0.05) is 87.8 Å². The van der Waals surface area contributed by atoms with E-state index >= 15 is 9.18 Å². The van der Waals surface area contributed by atoms with Gasteiger partial charge in [-0.15, -0.1) is 5.10 Å². The molecule has 3 aliphatic rings. The summed E-state index contributed by atoms with van der Waals surface area (Å²) in [6.07, 6.45) is -3.16. The molecule has 0 spiro atoms. The van der Waals surface area contributed by atoms with E-state index in [0.717, 1.165) is 28.0 Å². The summed E-state index contributed by atoms with van der Waals surface area (Å²) in [6.45, 7) is 26.9. The fourth-order valence-corrected chi connectivity index (χ4v) is 14.2. The Labute approximate surface area is 504 Å². The standard InChI is InChI=1S/C64H102FN7O13/c1-18-52-64(13,85-60(67)77)61(10,27-25-47(66)35-73)42(8)39(5)36(2)30-63(12,80-17)57(40(6)53(41(7)58(76)83-52)51-31-62(11,79-16)56(75)43(9)82-51)84-59-54(74)49(29-38(4)81-59)71(14)28-26-48-34-72(70-69-48)50(32-65)55(78-15)45-23-21-44(22-24-45)46-20-19-37(3)68-33-46/h19-24,33-34,36,38,40-43,47,49-57,59,73-75H,5,18,25-32,35,66H2,1-4,6-17H3,(H2,67,77)/t36-,38-,40+,41-,42+,43+,47+,49+,50-,51-,52-,53?,54-,55-,56+,57-,59+,61+,62-,63-,64-/m1/s1. The van der Waals surface area contributed by atoms with Crippen LogP contribution in [0.25, 0.3) is 11.1 Å². The van der Waals surface area contributed by atoms with E-state index in [2.05, 4.69) is 22.2 Å². The predicted octanol–water partition coefficient (Wildman–Crippen LogP) is 8.02. The van der Waals surface area contributed by atoms with Gasteiger partial charge in [-0.05, 0) is 116 Å². The van der Waals surface area contributed by atoms with E-state index in [1.54, 1.807) is 41.2 Å².